The summed E-state index contributed by atoms with van der Waals surface area (Å²) in [7, 11) is 0. The van der Waals surface area contributed by atoms with Crippen LogP contribution < -0.4 is 5.32 Å². The summed E-state index contributed by atoms with van der Waals surface area (Å²) in [6, 6.07) is 12.4. The van der Waals surface area contributed by atoms with Gasteiger partial charge in [-0.1, -0.05) is 44.2 Å². The van der Waals surface area contributed by atoms with Gasteiger partial charge < -0.3 is 4.74 Å². The molecule has 0 fully saturated rings. The van der Waals surface area contributed by atoms with E-state index in [9.17, 15) is 5.26 Å². The van der Waals surface area contributed by atoms with Gasteiger partial charge in [0.2, 0.25) is 0 Å². The monoisotopic (exact) mass is 260 g/mol. The molecule has 104 valence electrons. The third-order valence-corrected chi connectivity index (χ3v) is 3.10. The molecule has 1 atom stereocenters. The molecule has 1 rings (SSSR count). The van der Waals surface area contributed by atoms with Crippen LogP contribution in [0.25, 0.3) is 0 Å². The summed E-state index contributed by atoms with van der Waals surface area (Å²) in [5.41, 5.74) is 0.386. The van der Waals surface area contributed by atoms with Crippen LogP contribution in [0.2, 0.25) is 0 Å². The SMILES string of the molecule is CCCNC(C#N)(CCOCCC)c1ccccc1. The lowest BCUT2D eigenvalue weighted by atomic mass is 9.88. The summed E-state index contributed by atoms with van der Waals surface area (Å²) in [6.45, 7) is 6.38. The van der Waals surface area contributed by atoms with Crippen molar-refractivity contribution in [3.63, 3.8) is 0 Å². The molecule has 0 aliphatic rings. The van der Waals surface area contributed by atoms with Crippen LogP contribution in [-0.4, -0.2) is 19.8 Å². The highest BCUT2D eigenvalue weighted by Gasteiger charge is 2.30. The normalized spacial score (nSPS) is 13.7. The van der Waals surface area contributed by atoms with E-state index in [1.807, 2.05) is 30.3 Å². The van der Waals surface area contributed by atoms with Gasteiger partial charge in [-0.3, -0.25) is 5.32 Å². The Morgan fingerprint density at radius 1 is 1.16 bits per heavy atom. The number of ether oxygens (including phenoxy) is 1. The zero-order valence-corrected chi connectivity index (χ0v) is 12.0. The Hall–Kier alpha value is -1.37. The summed E-state index contributed by atoms with van der Waals surface area (Å²) in [6.07, 6.45) is 2.69. The van der Waals surface area contributed by atoms with Crippen LogP contribution in [-0.2, 0) is 10.3 Å². The van der Waals surface area contributed by atoms with Crippen LogP contribution in [0.5, 0.6) is 0 Å². The summed E-state index contributed by atoms with van der Waals surface area (Å²) in [5.74, 6) is 0. The molecule has 1 aromatic carbocycles. The topological polar surface area (TPSA) is 45.0 Å². The van der Waals surface area contributed by atoms with Gasteiger partial charge in [0.05, 0.1) is 6.07 Å². The second-order valence-corrected chi connectivity index (χ2v) is 4.67. The molecular formula is C16H24N2O. The van der Waals surface area contributed by atoms with Crippen LogP contribution in [0.1, 0.15) is 38.7 Å². The highest BCUT2D eigenvalue weighted by molar-refractivity contribution is 5.31. The van der Waals surface area contributed by atoms with Gasteiger partial charge in [-0.2, -0.15) is 5.26 Å². The smallest absolute Gasteiger partial charge is 0.134 e. The first-order chi connectivity index (χ1) is 9.29. The predicted octanol–water partition coefficient (Wildman–Crippen LogP) is 3.22. The number of nitrogens with zero attached hydrogens (tertiary/aromatic N) is 1. The van der Waals surface area contributed by atoms with Crippen molar-refractivity contribution in [1.29, 1.82) is 5.26 Å². The first-order valence-corrected chi connectivity index (χ1v) is 7.08. The average Bonchev–Trinajstić information content (AvgIpc) is 2.48. The standard InChI is InChI=1S/C16H24N2O/c1-3-11-18-16(14-17,10-13-19-12-4-2)15-8-6-5-7-9-15/h5-9,18H,3-4,10-13H2,1-2H3. The van der Waals surface area contributed by atoms with E-state index in [4.69, 9.17) is 4.74 Å². The fourth-order valence-corrected chi connectivity index (χ4v) is 2.03. The Labute approximate surface area is 116 Å². The molecule has 1 aromatic rings. The lowest BCUT2D eigenvalue weighted by molar-refractivity contribution is 0.116. The van der Waals surface area contributed by atoms with E-state index in [2.05, 4.69) is 25.2 Å². The molecule has 1 unspecified atom stereocenters. The maximum Gasteiger partial charge on any atom is 0.134 e. The number of benzene rings is 1. The molecule has 0 aromatic heterocycles. The van der Waals surface area contributed by atoms with Crippen molar-refractivity contribution < 1.29 is 4.74 Å². The Morgan fingerprint density at radius 3 is 2.47 bits per heavy atom. The van der Waals surface area contributed by atoms with Crippen molar-refractivity contribution >= 4 is 0 Å². The fraction of sp³-hybridized carbons (Fsp3) is 0.562. The van der Waals surface area contributed by atoms with Gasteiger partial charge in [0.25, 0.3) is 0 Å². The summed E-state index contributed by atoms with van der Waals surface area (Å²) in [4.78, 5) is 0. The van der Waals surface area contributed by atoms with Gasteiger partial charge in [-0.25, -0.2) is 0 Å². The first kappa shape index (κ1) is 15.7. The van der Waals surface area contributed by atoms with Crippen molar-refractivity contribution in [3.05, 3.63) is 35.9 Å². The Morgan fingerprint density at radius 2 is 1.89 bits per heavy atom. The van der Waals surface area contributed by atoms with Crippen LogP contribution >= 0.6 is 0 Å². The van der Waals surface area contributed by atoms with Crippen molar-refractivity contribution in [2.75, 3.05) is 19.8 Å². The third kappa shape index (κ3) is 4.66. The summed E-state index contributed by atoms with van der Waals surface area (Å²) >= 11 is 0. The zero-order chi connectivity index (χ0) is 14.0. The first-order valence-electron chi connectivity index (χ1n) is 7.08. The lowest BCUT2D eigenvalue weighted by Crippen LogP contribution is -2.42. The molecule has 0 spiro atoms. The molecule has 19 heavy (non-hydrogen) atoms. The Bertz CT molecular complexity index is 385. The van der Waals surface area contributed by atoms with Crippen LogP contribution in [0.3, 0.4) is 0 Å². The molecule has 0 bridgehead atoms. The molecule has 0 amide bonds. The number of hydrogen-bond donors (Lipinski definition) is 1. The minimum absolute atomic E-state index is 0.604. The highest BCUT2D eigenvalue weighted by Crippen LogP contribution is 2.24. The van der Waals surface area contributed by atoms with Crippen molar-refractivity contribution in [1.82, 2.24) is 5.32 Å². The van der Waals surface area contributed by atoms with Crippen LogP contribution in [0, 0.1) is 11.3 Å². The van der Waals surface area contributed by atoms with E-state index in [0.717, 1.165) is 31.6 Å². The summed E-state index contributed by atoms with van der Waals surface area (Å²) < 4.78 is 5.55. The third-order valence-electron chi connectivity index (χ3n) is 3.10. The second-order valence-electron chi connectivity index (χ2n) is 4.67. The predicted molar refractivity (Wildman–Crippen MR) is 77.8 cm³/mol. The number of rotatable bonds is 9. The minimum Gasteiger partial charge on any atom is -0.381 e. The van der Waals surface area contributed by atoms with E-state index in [0.29, 0.717) is 13.0 Å². The summed E-state index contributed by atoms with van der Waals surface area (Å²) in [5, 5.41) is 13.0. The zero-order valence-electron chi connectivity index (χ0n) is 12.0. The van der Waals surface area contributed by atoms with Gasteiger partial charge >= 0.3 is 0 Å². The molecule has 0 heterocycles. The van der Waals surface area contributed by atoms with Crippen molar-refractivity contribution in [2.24, 2.45) is 0 Å². The van der Waals surface area contributed by atoms with E-state index in [-0.39, 0.29) is 0 Å². The van der Waals surface area contributed by atoms with Gasteiger partial charge in [0, 0.05) is 19.6 Å². The molecule has 1 N–H and O–H groups in total. The fourth-order valence-electron chi connectivity index (χ4n) is 2.03. The number of nitriles is 1. The van der Waals surface area contributed by atoms with Crippen molar-refractivity contribution in [2.45, 2.75) is 38.6 Å². The van der Waals surface area contributed by atoms with Gasteiger partial charge in [-0.15, -0.1) is 0 Å². The van der Waals surface area contributed by atoms with E-state index >= 15 is 0 Å². The molecule has 3 nitrogen and oxygen atoms in total. The molecule has 0 saturated carbocycles. The molecule has 0 aliphatic heterocycles. The molecule has 0 saturated heterocycles. The molecule has 0 aliphatic carbocycles. The largest absolute Gasteiger partial charge is 0.381 e. The maximum absolute atomic E-state index is 9.65. The minimum atomic E-state index is -0.634. The Kier molecular flexibility index (Phi) is 7.17. The van der Waals surface area contributed by atoms with Crippen LogP contribution in [0.15, 0.2) is 30.3 Å². The van der Waals surface area contributed by atoms with Crippen LogP contribution in [0.4, 0.5) is 0 Å². The Balaban J connectivity index is 2.80. The van der Waals surface area contributed by atoms with Gasteiger partial charge in [0.1, 0.15) is 5.54 Å². The van der Waals surface area contributed by atoms with E-state index in [1.54, 1.807) is 0 Å². The van der Waals surface area contributed by atoms with Crippen molar-refractivity contribution in [3.8, 4) is 6.07 Å². The molecule has 3 heteroatoms. The maximum atomic E-state index is 9.65. The number of hydrogen-bond acceptors (Lipinski definition) is 3. The highest BCUT2D eigenvalue weighted by atomic mass is 16.5. The average molecular weight is 260 g/mol. The lowest BCUT2D eigenvalue weighted by Gasteiger charge is -2.28. The van der Waals surface area contributed by atoms with E-state index < -0.39 is 5.54 Å². The second kappa shape index (κ2) is 8.68. The van der Waals surface area contributed by atoms with Gasteiger partial charge in [0.15, 0.2) is 0 Å². The number of nitrogens with one attached hydrogen (secondary N) is 1. The molecular weight excluding hydrogens is 236 g/mol. The molecule has 0 radical (unpaired) electrons. The van der Waals surface area contributed by atoms with E-state index in [1.165, 1.54) is 0 Å². The van der Waals surface area contributed by atoms with Gasteiger partial charge in [-0.05, 0) is 24.9 Å². The quantitative estimate of drug-likeness (QED) is 0.693.